The highest BCUT2D eigenvalue weighted by Crippen LogP contribution is 2.15. The van der Waals surface area contributed by atoms with E-state index >= 15 is 0 Å². The predicted molar refractivity (Wildman–Crippen MR) is 73.9 cm³/mol. The van der Waals surface area contributed by atoms with Crippen LogP contribution in [0.3, 0.4) is 0 Å². The molecule has 1 rings (SSSR count). The van der Waals surface area contributed by atoms with Crippen LogP contribution in [0.5, 0.6) is 0 Å². The second-order valence-electron chi connectivity index (χ2n) is 4.69. The van der Waals surface area contributed by atoms with Crippen molar-refractivity contribution < 1.29 is 13.2 Å². The second kappa shape index (κ2) is 5.85. The van der Waals surface area contributed by atoms with Crippen molar-refractivity contribution in [3.63, 3.8) is 0 Å². The van der Waals surface area contributed by atoms with E-state index in [1.54, 1.807) is 31.2 Å². The highest BCUT2D eigenvalue weighted by molar-refractivity contribution is 7.92. The summed E-state index contributed by atoms with van der Waals surface area (Å²) in [6.07, 6.45) is 0. The van der Waals surface area contributed by atoms with Crippen LogP contribution in [0.25, 0.3) is 0 Å². The highest BCUT2D eigenvalue weighted by atomic mass is 35.5. The third kappa shape index (κ3) is 3.82. The lowest BCUT2D eigenvalue weighted by atomic mass is 10.1. The molecule has 0 spiro atoms. The summed E-state index contributed by atoms with van der Waals surface area (Å²) in [5.41, 5.74) is 0.374. The van der Waals surface area contributed by atoms with Crippen molar-refractivity contribution in [2.75, 3.05) is 5.75 Å². The summed E-state index contributed by atoms with van der Waals surface area (Å²) in [4.78, 5) is 11.9. The number of halogens is 1. The SMILES string of the molecule is CC(C)C(C)S(=O)(=O)CC(=O)c1ccc(Cl)cc1. The molecule has 0 heterocycles. The molecule has 18 heavy (non-hydrogen) atoms. The largest absolute Gasteiger partial charge is 0.293 e. The fourth-order valence-corrected chi connectivity index (χ4v) is 3.20. The highest BCUT2D eigenvalue weighted by Gasteiger charge is 2.27. The van der Waals surface area contributed by atoms with Gasteiger partial charge in [0, 0.05) is 10.6 Å². The lowest BCUT2D eigenvalue weighted by molar-refractivity contribution is 0.102. The Balaban J connectivity index is 2.85. The van der Waals surface area contributed by atoms with E-state index in [0.29, 0.717) is 10.6 Å². The van der Waals surface area contributed by atoms with Gasteiger partial charge in [0.05, 0.1) is 5.25 Å². The van der Waals surface area contributed by atoms with E-state index in [1.165, 1.54) is 0 Å². The van der Waals surface area contributed by atoms with Gasteiger partial charge in [-0.2, -0.15) is 0 Å². The monoisotopic (exact) mass is 288 g/mol. The quantitative estimate of drug-likeness (QED) is 0.783. The van der Waals surface area contributed by atoms with Gasteiger partial charge < -0.3 is 0 Å². The van der Waals surface area contributed by atoms with Gasteiger partial charge in [-0.25, -0.2) is 8.42 Å². The summed E-state index contributed by atoms with van der Waals surface area (Å²) in [5.74, 6) is -0.847. The van der Waals surface area contributed by atoms with E-state index in [9.17, 15) is 13.2 Å². The van der Waals surface area contributed by atoms with Gasteiger partial charge in [-0.15, -0.1) is 0 Å². The zero-order valence-electron chi connectivity index (χ0n) is 10.7. The number of sulfone groups is 1. The summed E-state index contributed by atoms with van der Waals surface area (Å²) < 4.78 is 24.0. The summed E-state index contributed by atoms with van der Waals surface area (Å²) in [5, 5.41) is -0.00120. The Morgan fingerprint density at radius 3 is 2.11 bits per heavy atom. The van der Waals surface area contributed by atoms with Crippen LogP contribution >= 0.6 is 11.6 Å². The molecule has 0 aromatic heterocycles. The molecule has 0 bridgehead atoms. The molecule has 1 aromatic carbocycles. The number of benzene rings is 1. The zero-order chi connectivity index (χ0) is 13.9. The molecule has 0 N–H and O–H groups in total. The molecule has 3 nitrogen and oxygen atoms in total. The van der Waals surface area contributed by atoms with Gasteiger partial charge in [-0.3, -0.25) is 4.79 Å². The summed E-state index contributed by atoms with van der Waals surface area (Å²) in [6.45, 7) is 5.29. The van der Waals surface area contributed by atoms with Gasteiger partial charge in [0.15, 0.2) is 15.6 Å². The minimum atomic E-state index is -3.40. The van der Waals surface area contributed by atoms with Gasteiger partial charge in [-0.1, -0.05) is 25.4 Å². The minimum Gasteiger partial charge on any atom is -0.293 e. The number of Topliss-reactive ketones (excluding diaryl/α,β-unsaturated/α-hetero) is 1. The molecule has 1 unspecified atom stereocenters. The van der Waals surface area contributed by atoms with Crippen LogP contribution in [0.2, 0.25) is 5.02 Å². The van der Waals surface area contributed by atoms with Crippen molar-refractivity contribution in [1.29, 1.82) is 0 Å². The Morgan fingerprint density at radius 2 is 1.67 bits per heavy atom. The average molecular weight is 289 g/mol. The van der Waals surface area contributed by atoms with E-state index in [2.05, 4.69) is 0 Å². The number of rotatable bonds is 5. The van der Waals surface area contributed by atoms with Gasteiger partial charge in [0.25, 0.3) is 0 Å². The van der Waals surface area contributed by atoms with Crippen LogP contribution in [-0.2, 0) is 9.84 Å². The van der Waals surface area contributed by atoms with Crippen molar-refractivity contribution in [2.45, 2.75) is 26.0 Å². The van der Waals surface area contributed by atoms with Gasteiger partial charge in [-0.05, 0) is 37.1 Å². The number of ketones is 1. The molecule has 0 aliphatic rings. The maximum absolute atomic E-state index is 12.0. The number of carbonyl (C=O) groups is 1. The van der Waals surface area contributed by atoms with Crippen LogP contribution in [0.15, 0.2) is 24.3 Å². The first-order chi connectivity index (χ1) is 8.24. The summed E-state index contributed by atoms with van der Waals surface area (Å²) in [7, 11) is -3.40. The van der Waals surface area contributed by atoms with Gasteiger partial charge in [0.1, 0.15) is 5.75 Å². The Bertz CT molecular complexity index is 518. The van der Waals surface area contributed by atoms with Crippen molar-refractivity contribution in [3.05, 3.63) is 34.9 Å². The van der Waals surface area contributed by atoms with Crippen LogP contribution in [-0.4, -0.2) is 25.2 Å². The lowest BCUT2D eigenvalue weighted by Gasteiger charge is -2.15. The molecular weight excluding hydrogens is 272 g/mol. The number of carbonyl (C=O) groups excluding carboxylic acids is 1. The fourth-order valence-electron chi connectivity index (χ4n) is 1.45. The van der Waals surface area contributed by atoms with Crippen LogP contribution in [0.4, 0.5) is 0 Å². The first kappa shape index (κ1) is 15.2. The molecule has 0 amide bonds. The molecule has 5 heteroatoms. The van der Waals surface area contributed by atoms with E-state index in [0.717, 1.165) is 0 Å². The number of hydrogen-bond donors (Lipinski definition) is 0. The standard InChI is InChI=1S/C13H17ClO3S/c1-9(2)10(3)18(16,17)8-13(15)11-4-6-12(14)7-5-11/h4-7,9-10H,8H2,1-3H3. The van der Waals surface area contributed by atoms with Crippen LogP contribution in [0, 0.1) is 5.92 Å². The minimum absolute atomic E-state index is 0.00646. The van der Waals surface area contributed by atoms with Crippen molar-refractivity contribution in [3.8, 4) is 0 Å². The first-order valence-electron chi connectivity index (χ1n) is 5.74. The Morgan fingerprint density at radius 1 is 1.17 bits per heavy atom. The fraction of sp³-hybridized carbons (Fsp3) is 0.462. The van der Waals surface area contributed by atoms with Crippen molar-refractivity contribution in [1.82, 2.24) is 0 Å². The van der Waals surface area contributed by atoms with E-state index in [1.807, 2.05) is 13.8 Å². The lowest BCUT2D eigenvalue weighted by Crippen LogP contribution is -2.29. The molecule has 1 atom stereocenters. The Kier molecular flexibility index (Phi) is 4.93. The molecule has 0 saturated heterocycles. The average Bonchev–Trinajstić information content (AvgIpc) is 2.28. The zero-order valence-corrected chi connectivity index (χ0v) is 12.3. The van der Waals surface area contributed by atoms with Gasteiger partial charge >= 0.3 is 0 Å². The normalized spacial score (nSPS) is 13.6. The third-order valence-corrected chi connectivity index (χ3v) is 5.60. The Hall–Kier alpha value is -0.870. The first-order valence-corrected chi connectivity index (χ1v) is 7.83. The van der Waals surface area contributed by atoms with E-state index in [4.69, 9.17) is 11.6 Å². The van der Waals surface area contributed by atoms with Crippen molar-refractivity contribution in [2.24, 2.45) is 5.92 Å². The molecule has 0 fully saturated rings. The maximum atomic E-state index is 12.0. The Labute approximate surface area is 113 Å². The summed E-state index contributed by atoms with van der Waals surface area (Å²) in [6, 6.07) is 6.24. The molecule has 0 aliphatic heterocycles. The molecule has 100 valence electrons. The molecule has 1 aromatic rings. The van der Waals surface area contributed by atoms with Crippen LogP contribution < -0.4 is 0 Å². The van der Waals surface area contributed by atoms with Gasteiger partial charge in [0.2, 0.25) is 0 Å². The van der Waals surface area contributed by atoms with Crippen molar-refractivity contribution >= 4 is 27.2 Å². The molecule has 0 saturated carbocycles. The second-order valence-corrected chi connectivity index (χ2v) is 7.48. The third-order valence-electron chi connectivity index (χ3n) is 3.00. The van der Waals surface area contributed by atoms with E-state index in [-0.39, 0.29) is 11.7 Å². The molecule has 0 aliphatic carbocycles. The predicted octanol–water partition coefficient (Wildman–Crippen LogP) is 2.98. The molecule has 0 radical (unpaired) electrons. The molecular formula is C13H17ClO3S. The van der Waals surface area contributed by atoms with Crippen LogP contribution in [0.1, 0.15) is 31.1 Å². The number of hydrogen-bond acceptors (Lipinski definition) is 3. The topological polar surface area (TPSA) is 51.2 Å². The smallest absolute Gasteiger partial charge is 0.177 e. The summed E-state index contributed by atoms with van der Waals surface area (Å²) >= 11 is 5.71. The maximum Gasteiger partial charge on any atom is 0.177 e. The van der Waals surface area contributed by atoms with E-state index < -0.39 is 20.8 Å².